The highest BCUT2D eigenvalue weighted by molar-refractivity contribution is 9.10. The summed E-state index contributed by atoms with van der Waals surface area (Å²) in [7, 11) is 0. The molecule has 2 aromatic heterocycles. The molecule has 6 heteroatoms. The van der Waals surface area contributed by atoms with Crippen molar-refractivity contribution in [1.29, 1.82) is 0 Å². The number of aromatic nitrogens is 3. The quantitative estimate of drug-likeness (QED) is 0.733. The Hall–Kier alpha value is -1.79. The summed E-state index contributed by atoms with van der Waals surface area (Å²) in [4.78, 5) is 14.5. The number of nitrogens with one attached hydrogen (secondary N) is 1. The lowest BCUT2D eigenvalue weighted by atomic mass is 10.3. The molecule has 0 spiro atoms. The monoisotopic (exact) mass is 360 g/mol. The molecular formula is C15H13BrN4S. The van der Waals surface area contributed by atoms with Crippen molar-refractivity contribution in [2.75, 3.05) is 5.32 Å². The van der Waals surface area contributed by atoms with Gasteiger partial charge >= 0.3 is 0 Å². The third-order valence-electron chi connectivity index (χ3n) is 2.89. The highest BCUT2D eigenvalue weighted by Crippen LogP contribution is 2.33. The van der Waals surface area contributed by atoms with E-state index in [1.165, 1.54) is 0 Å². The molecule has 2 heterocycles. The normalized spacial score (nSPS) is 10.6. The van der Waals surface area contributed by atoms with Gasteiger partial charge in [0.15, 0.2) is 0 Å². The first kappa shape index (κ1) is 14.2. The molecule has 106 valence electrons. The van der Waals surface area contributed by atoms with Gasteiger partial charge in [-0.25, -0.2) is 15.0 Å². The maximum Gasteiger partial charge on any atom is 0.227 e. The molecule has 0 saturated carbocycles. The van der Waals surface area contributed by atoms with Crippen molar-refractivity contribution in [1.82, 2.24) is 15.0 Å². The summed E-state index contributed by atoms with van der Waals surface area (Å²) < 4.78 is 0.868. The van der Waals surface area contributed by atoms with Gasteiger partial charge in [-0.15, -0.1) is 11.3 Å². The third-order valence-corrected chi connectivity index (χ3v) is 4.55. The van der Waals surface area contributed by atoms with Crippen LogP contribution >= 0.6 is 27.3 Å². The second-order valence-electron chi connectivity index (χ2n) is 4.53. The molecule has 3 rings (SSSR count). The van der Waals surface area contributed by atoms with Crippen LogP contribution in [-0.2, 0) is 0 Å². The molecule has 0 bridgehead atoms. The number of hydrogen-bond acceptors (Lipinski definition) is 5. The average Bonchev–Trinajstić information content (AvgIpc) is 2.81. The standard InChI is InChI=1S/C15H13BrN4S/c1-9-14(21-10(2)18-9)13-12(16)8-17-15(20-13)19-11-6-4-3-5-7-11/h3-8H,1-2H3,(H,17,19,20). The van der Waals surface area contributed by atoms with Crippen LogP contribution in [0, 0.1) is 13.8 Å². The van der Waals surface area contributed by atoms with Gasteiger partial charge in [-0.2, -0.15) is 0 Å². The minimum Gasteiger partial charge on any atom is -0.324 e. The first-order valence-corrected chi connectivity index (χ1v) is 8.03. The highest BCUT2D eigenvalue weighted by Gasteiger charge is 2.14. The Kier molecular flexibility index (Phi) is 3.98. The van der Waals surface area contributed by atoms with Crippen LogP contribution in [0.2, 0.25) is 0 Å². The fourth-order valence-electron chi connectivity index (χ4n) is 1.99. The number of halogens is 1. The van der Waals surface area contributed by atoms with Crippen molar-refractivity contribution in [3.63, 3.8) is 0 Å². The van der Waals surface area contributed by atoms with Crippen LogP contribution in [-0.4, -0.2) is 15.0 Å². The Labute approximate surface area is 135 Å². The molecule has 1 N–H and O–H groups in total. The fourth-order valence-corrected chi connectivity index (χ4v) is 3.43. The van der Waals surface area contributed by atoms with Crippen molar-refractivity contribution in [2.24, 2.45) is 0 Å². The highest BCUT2D eigenvalue weighted by atomic mass is 79.9. The van der Waals surface area contributed by atoms with E-state index in [1.807, 2.05) is 44.2 Å². The second kappa shape index (κ2) is 5.91. The fraction of sp³-hybridized carbons (Fsp3) is 0.133. The molecule has 0 saturated heterocycles. The van der Waals surface area contributed by atoms with Gasteiger partial charge < -0.3 is 5.32 Å². The van der Waals surface area contributed by atoms with E-state index in [4.69, 9.17) is 0 Å². The molecule has 0 radical (unpaired) electrons. The molecule has 1 aromatic carbocycles. The van der Waals surface area contributed by atoms with Gasteiger partial charge in [-0.1, -0.05) is 18.2 Å². The van der Waals surface area contributed by atoms with Gasteiger partial charge in [0.2, 0.25) is 5.95 Å². The van der Waals surface area contributed by atoms with E-state index < -0.39 is 0 Å². The molecular weight excluding hydrogens is 348 g/mol. The Balaban J connectivity index is 1.99. The Bertz CT molecular complexity index is 771. The Morgan fingerprint density at radius 1 is 1.10 bits per heavy atom. The Morgan fingerprint density at radius 2 is 1.86 bits per heavy atom. The maximum atomic E-state index is 4.61. The lowest BCUT2D eigenvalue weighted by molar-refractivity contribution is 1.15. The molecule has 3 aromatic rings. The molecule has 0 aliphatic carbocycles. The number of hydrogen-bond donors (Lipinski definition) is 1. The topological polar surface area (TPSA) is 50.7 Å². The van der Waals surface area contributed by atoms with Crippen LogP contribution in [0.5, 0.6) is 0 Å². The zero-order valence-corrected chi connectivity index (χ0v) is 14.0. The number of nitrogens with zero attached hydrogens (tertiary/aromatic N) is 3. The van der Waals surface area contributed by atoms with Crippen LogP contribution < -0.4 is 5.32 Å². The lowest BCUT2D eigenvalue weighted by Gasteiger charge is -2.07. The minimum absolute atomic E-state index is 0.574. The number of para-hydroxylation sites is 1. The van der Waals surface area contributed by atoms with Crippen LogP contribution in [0.15, 0.2) is 41.0 Å². The molecule has 0 amide bonds. The van der Waals surface area contributed by atoms with E-state index in [2.05, 4.69) is 36.2 Å². The Morgan fingerprint density at radius 3 is 2.52 bits per heavy atom. The second-order valence-corrected chi connectivity index (χ2v) is 6.59. The zero-order chi connectivity index (χ0) is 14.8. The summed E-state index contributed by atoms with van der Waals surface area (Å²) in [6, 6.07) is 9.88. The van der Waals surface area contributed by atoms with Crippen LogP contribution in [0.4, 0.5) is 11.6 Å². The molecule has 0 fully saturated rings. The predicted octanol–water partition coefficient (Wildman–Crippen LogP) is 4.72. The molecule has 0 unspecified atom stereocenters. The summed E-state index contributed by atoms with van der Waals surface area (Å²) in [5, 5.41) is 4.24. The van der Waals surface area contributed by atoms with E-state index in [1.54, 1.807) is 17.5 Å². The summed E-state index contributed by atoms with van der Waals surface area (Å²) >= 11 is 5.16. The third kappa shape index (κ3) is 3.11. The molecule has 21 heavy (non-hydrogen) atoms. The first-order valence-electron chi connectivity index (χ1n) is 6.42. The summed E-state index contributed by atoms with van der Waals surface area (Å²) in [6.07, 6.45) is 1.77. The lowest BCUT2D eigenvalue weighted by Crippen LogP contribution is -1.98. The molecule has 4 nitrogen and oxygen atoms in total. The van der Waals surface area contributed by atoms with E-state index >= 15 is 0 Å². The first-order chi connectivity index (χ1) is 10.1. The average molecular weight is 361 g/mol. The van der Waals surface area contributed by atoms with Crippen LogP contribution in [0.25, 0.3) is 10.6 Å². The summed E-state index contributed by atoms with van der Waals surface area (Å²) in [5.41, 5.74) is 2.82. The van der Waals surface area contributed by atoms with Crippen molar-refractivity contribution in [3.05, 3.63) is 51.7 Å². The van der Waals surface area contributed by atoms with Crippen molar-refractivity contribution in [3.8, 4) is 10.6 Å². The van der Waals surface area contributed by atoms with E-state index in [0.29, 0.717) is 5.95 Å². The van der Waals surface area contributed by atoms with Gasteiger partial charge in [0.25, 0.3) is 0 Å². The molecule has 0 atom stereocenters. The largest absolute Gasteiger partial charge is 0.324 e. The van der Waals surface area contributed by atoms with Gasteiger partial charge in [0.05, 0.1) is 20.1 Å². The number of benzene rings is 1. The predicted molar refractivity (Wildman–Crippen MR) is 90.0 cm³/mol. The van der Waals surface area contributed by atoms with E-state index in [-0.39, 0.29) is 0 Å². The number of anilines is 2. The smallest absolute Gasteiger partial charge is 0.227 e. The molecule has 0 aliphatic rings. The van der Waals surface area contributed by atoms with Gasteiger partial charge in [-0.3, -0.25) is 0 Å². The molecule has 0 aliphatic heterocycles. The van der Waals surface area contributed by atoms with Gasteiger partial charge in [0.1, 0.15) is 5.69 Å². The SMILES string of the molecule is Cc1nc(C)c(-c2nc(Nc3ccccc3)ncc2Br)s1. The number of aryl methyl sites for hydroxylation is 2. The van der Waals surface area contributed by atoms with Gasteiger partial charge in [0, 0.05) is 11.9 Å². The van der Waals surface area contributed by atoms with Crippen molar-refractivity contribution >= 4 is 38.9 Å². The van der Waals surface area contributed by atoms with Crippen molar-refractivity contribution in [2.45, 2.75) is 13.8 Å². The number of thiazole rings is 1. The summed E-state index contributed by atoms with van der Waals surface area (Å²) in [5.74, 6) is 0.574. The summed E-state index contributed by atoms with van der Waals surface area (Å²) in [6.45, 7) is 4.00. The maximum absolute atomic E-state index is 4.61. The van der Waals surface area contributed by atoms with Crippen LogP contribution in [0.1, 0.15) is 10.7 Å². The van der Waals surface area contributed by atoms with E-state index in [0.717, 1.165) is 31.4 Å². The zero-order valence-electron chi connectivity index (χ0n) is 11.6. The minimum atomic E-state index is 0.574. The van der Waals surface area contributed by atoms with Crippen LogP contribution in [0.3, 0.4) is 0 Å². The number of rotatable bonds is 3. The van der Waals surface area contributed by atoms with E-state index in [9.17, 15) is 0 Å². The van der Waals surface area contributed by atoms with Crippen molar-refractivity contribution < 1.29 is 0 Å². The van der Waals surface area contributed by atoms with Gasteiger partial charge in [-0.05, 0) is 41.9 Å².